The van der Waals surface area contributed by atoms with Crippen LogP contribution in [0.1, 0.15) is 44.2 Å². The van der Waals surface area contributed by atoms with Gasteiger partial charge in [-0.1, -0.05) is 20.3 Å². The van der Waals surface area contributed by atoms with Crippen LogP contribution >= 0.6 is 0 Å². The van der Waals surface area contributed by atoms with E-state index in [0.29, 0.717) is 0 Å². The highest BCUT2D eigenvalue weighted by Crippen LogP contribution is 2.33. The van der Waals surface area contributed by atoms with Gasteiger partial charge in [-0.25, -0.2) is 5.10 Å². The molecule has 3 rings (SSSR count). The number of rotatable bonds is 9. The predicted octanol–water partition coefficient (Wildman–Crippen LogP) is 3.43. The number of H-pyrrole nitrogens is 1. The highest BCUT2D eigenvalue weighted by Gasteiger charge is 2.18. The number of nitrogens with one attached hydrogen (secondary N) is 1. The minimum Gasteiger partial charge on any atom is -0.494 e. The lowest BCUT2D eigenvalue weighted by molar-refractivity contribution is 0.239. The van der Waals surface area contributed by atoms with Gasteiger partial charge < -0.3 is 9.64 Å². The fraction of sp³-hybridized carbons (Fsp3) is 0.524. The van der Waals surface area contributed by atoms with Crippen LogP contribution in [0.4, 0.5) is 0 Å². The van der Waals surface area contributed by atoms with Crippen molar-refractivity contribution >= 4 is 0 Å². The molecular weight excluding hydrogens is 326 g/mol. The molecule has 1 aliphatic rings. The van der Waals surface area contributed by atoms with E-state index in [-0.39, 0.29) is 5.56 Å². The van der Waals surface area contributed by atoms with Crippen LogP contribution in [-0.4, -0.2) is 41.3 Å². The number of aromatic nitrogens is 2. The first-order valence-electron chi connectivity index (χ1n) is 9.78. The van der Waals surface area contributed by atoms with E-state index in [9.17, 15) is 4.79 Å². The molecule has 0 saturated carbocycles. The fourth-order valence-corrected chi connectivity index (χ4v) is 3.52. The Morgan fingerprint density at radius 2 is 1.92 bits per heavy atom. The van der Waals surface area contributed by atoms with Crippen molar-refractivity contribution in [3.05, 3.63) is 45.7 Å². The Balaban J connectivity index is 1.57. The molecule has 0 fully saturated rings. The van der Waals surface area contributed by atoms with Crippen molar-refractivity contribution in [1.29, 1.82) is 0 Å². The van der Waals surface area contributed by atoms with Gasteiger partial charge in [0, 0.05) is 18.2 Å². The molecule has 0 unspecified atom stereocenters. The standard InChI is InChI=1S/C21H29N3O2/c1-3-5-11-24(4-2)12-6-13-26-18-9-10-19-16(14-18)7-8-17-15-20(25)22-23-21(17)19/h9-10,14-15H,3-8,11-13H2,1-2H3,(H,22,25). The molecule has 1 aromatic carbocycles. The summed E-state index contributed by atoms with van der Waals surface area (Å²) >= 11 is 0. The minimum atomic E-state index is -0.132. The van der Waals surface area contributed by atoms with Crippen molar-refractivity contribution in [3.63, 3.8) is 0 Å². The molecule has 140 valence electrons. The summed E-state index contributed by atoms with van der Waals surface area (Å²) in [5.41, 5.74) is 4.14. The minimum absolute atomic E-state index is 0.132. The van der Waals surface area contributed by atoms with E-state index < -0.39 is 0 Å². The van der Waals surface area contributed by atoms with Crippen molar-refractivity contribution < 1.29 is 4.74 Å². The van der Waals surface area contributed by atoms with Gasteiger partial charge in [-0.3, -0.25) is 4.79 Å². The monoisotopic (exact) mass is 355 g/mol. The second-order valence-electron chi connectivity index (χ2n) is 6.91. The Labute approximate surface area is 155 Å². The fourth-order valence-electron chi connectivity index (χ4n) is 3.52. The largest absolute Gasteiger partial charge is 0.494 e. The molecule has 0 amide bonds. The van der Waals surface area contributed by atoms with E-state index in [1.165, 1.54) is 24.9 Å². The van der Waals surface area contributed by atoms with Crippen LogP contribution in [0.5, 0.6) is 5.75 Å². The van der Waals surface area contributed by atoms with E-state index in [1.54, 1.807) is 6.07 Å². The van der Waals surface area contributed by atoms with Gasteiger partial charge in [-0.15, -0.1) is 0 Å². The molecule has 0 saturated heterocycles. The maximum Gasteiger partial charge on any atom is 0.264 e. The molecular formula is C21H29N3O2. The molecule has 1 heterocycles. The number of hydrogen-bond acceptors (Lipinski definition) is 4. The summed E-state index contributed by atoms with van der Waals surface area (Å²) in [6.07, 6.45) is 5.32. The summed E-state index contributed by atoms with van der Waals surface area (Å²) in [7, 11) is 0. The quantitative estimate of drug-likeness (QED) is 0.700. The molecule has 0 bridgehead atoms. The van der Waals surface area contributed by atoms with Crippen molar-refractivity contribution in [2.24, 2.45) is 0 Å². The van der Waals surface area contributed by atoms with Crippen molar-refractivity contribution in [1.82, 2.24) is 15.1 Å². The van der Waals surface area contributed by atoms with Crippen LogP contribution < -0.4 is 10.3 Å². The average molecular weight is 355 g/mol. The summed E-state index contributed by atoms with van der Waals surface area (Å²) in [4.78, 5) is 13.9. The van der Waals surface area contributed by atoms with Crippen LogP contribution in [0.15, 0.2) is 29.1 Å². The summed E-state index contributed by atoms with van der Waals surface area (Å²) in [5.74, 6) is 0.924. The van der Waals surface area contributed by atoms with E-state index in [2.05, 4.69) is 41.1 Å². The molecule has 5 heteroatoms. The molecule has 1 aliphatic carbocycles. The predicted molar refractivity (Wildman–Crippen MR) is 105 cm³/mol. The van der Waals surface area contributed by atoms with Crippen LogP contribution in [0, 0.1) is 0 Å². The number of unbranched alkanes of at least 4 members (excludes halogenated alkanes) is 1. The SMILES string of the molecule is CCCCN(CC)CCCOc1ccc2c(c1)CCc1cc(=O)[nH]nc1-2. The third-order valence-corrected chi connectivity index (χ3v) is 5.05. The lowest BCUT2D eigenvalue weighted by Gasteiger charge is -2.21. The third-order valence-electron chi connectivity index (χ3n) is 5.05. The first-order chi connectivity index (χ1) is 12.7. The van der Waals surface area contributed by atoms with Gasteiger partial charge in [0.15, 0.2) is 0 Å². The molecule has 0 aliphatic heterocycles. The topological polar surface area (TPSA) is 58.2 Å². The van der Waals surface area contributed by atoms with Crippen molar-refractivity contribution in [3.8, 4) is 17.0 Å². The van der Waals surface area contributed by atoms with E-state index >= 15 is 0 Å². The summed E-state index contributed by atoms with van der Waals surface area (Å²) < 4.78 is 5.97. The Kier molecular flexibility index (Phi) is 6.45. The highest BCUT2D eigenvalue weighted by atomic mass is 16.5. The van der Waals surface area contributed by atoms with Crippen LogP contribution in [0.3, 0.4) is 0 Å². The lowest BCUT2D eigenvalue weighted by atomic mass is 9.89. The first-order valence-corrected chi connectivity index (χ1v) is 9.78. The zero-order valence-corrected chi connectivity index (χ0v) is 15.9. The second kappa shape index (κ2) is 8.99. The maximum atomic E-state index is 11.4. The Morgan fingerprint density at radius 1 is 1.12 bits per heavy atom. The number of hydrogen-bond donors (Lipinski definition) is 1. The van der Waals surface area contributed by atoms with Gasteiger partial charge in [0.05, 0.1) is 12.3 Å². The normalized spacial score (nSPS) is 12.7. The number of nitrogens with zero attached hydrogens (tertiary/aromatic N) is 2. The van der Waals surface area contributed by atoms with Crippen LogP contribution in [0.2, 0.25) is 0 Å². The van der Waals surface area contributed by atoms with E-state index in [1.807, 2.05) is 6.07 Å². The zero-order valence-electron chi connectivity index (χ0n) is 15.9. The summed E-state index contributed by atoms with van der Waals surface area (Å²) in [6.45, 7) is 8.57. The molecule has 26 heavy (non-hydrogen) atoms. The molecule has 1 N–H and O–H groups in total. The smallest absolute Gasteiger partial charge is 0.264 e. The van der Waals surface area contributed by atoms with E-state index in [4.69, 9.17) is 4.74 Å². The number of aromatic amines is 1. The summed E-state index contributed by atoms with van der Waals surface area (Å²) in [5, 5.41) is 6.78. The number of ether oxygens (including phenoxy) is 1. The molecule has 0 atom stereocenters. The first kappa shape index (κ1) is 18.6. The van der Waals surface area contributed by atoms with E-state index in [0.717, 1.165) is 61.5 Å². The molecule has 0 radical (unpaired) electrons. The highest BCUT2D eigenvalue weighted by molar-refractivity contribution is 5.69. The van der Waals surface area contributed by atoms with Gasteiger partial charge in [0.25, 0.3) is 5.56 Å². The van der Waals surface area contributed by atoms with Gasteiger partial charge in [0.2, 0.25) is 0 Å². The number of benzene rings is 1. The van der Waals surface area contributed by atoms with Gasteiger partial charge in [-0.05, 0) is 68.1 Å². The Hall–Kier alpha value is -2.14. The van der Waals surface area contributed by atoms with Gasteiger partial charge in [0.1, 0.15) is 5.75 Å². The maximum absolute atomic E-state index is 11.4. The van der Waals surface area contributed by atoms with Crippen molar-refractivity contribution in [2.75, 3.05) is 26.2 Å². The molecule has 0 spiro atoms. The second-order valence-corrected chi connectivity index (χ2v) is 6.91. The lowest BCUT2D eigenvalue weighted by Crippen LogP contribution is -2.26. The van der Waals surface area contributed by atoms with Crippen LogP contribution in [0.25, 0.3) is 11.3 Å². The number of fused-ring (bicyclic) bond motifs is 3. The summed E-state index contributed by atoms with van der Waals surface area (Å²) in [6, 6.07) is 7.86. The van der Waals surface area contributed by atoms with Crippen molar-refractivity contribution in [2.45, 2.75) is 46.0 Å². The van der Waals surface area contributed by atoms with Gasteiger partial charge in [-0.2, -0.15) is 5.10 Å². The zero-order chi connectivity index (χ0) is 18.4. The molecule has 1 aromatic heterocycles. The van der Waals surface area contributed by atoms with Gasteiger partial charge >= 0.3 is 0 Å². The average Bonchev–Trinajstić information content (AvgIpc) is 2.67. The van der Waals surface area contributed by atoms with Crippen LogP contribution in [-0.2, 0) is 12.8 Å². The third kappa shape index (κ3) is 4.52. The Morgan fingerprint density at radius 3 is 2.73 bits per heavy atom. The number of aryl methyl sites for hydroxylation is 2. The molecule has 5 nitrogen and oxygen atoms in total. The Bertz CT molecular complexity index is 785. The molecule has 2 aromatic rings.